The molecule has 130 valence electrons. The van der Waals surface area contributed by atoms with E-state index in [0.717, 1.165) is 4.88 Å². The first-order chi connectivity index (χ1) is 13.8. The second kappa shape index (κ2) is 5.31. The maximum absolute atomic E-state index is 9.42. The van der Waals surface area contributed by atoms with Crippen LogP contribution in [0, 0.1) is 11.3 Å². The molecular formula is C23H9NS4. The van der Waals surface area contributed by atoms with Gasteiger partial charge in [0.1, 0.15) is 10.9 Å². The van der Waals surface area contributed by atoms with E-state index in [-0.39, 0.29) is 0 Å². The first-order valence-corrected chi connectivity index (χ1v) is 12.1. The molecule has 3 aromatic carbocycles. The first-order valence-electron chi connectivity index (χ1n) is 8.82. The monoisotopic (exact) mass is 427 g/mol. The second-order valence-electron chi connectivity index (χ2n) is 6.86. The fraction of sp³-hybridized carbons (Fsp3) is 0. The van der Waals surface area contributed by atoms with Gasteiger partial charge in [-0.2, -0.15) is 5.26 Å². The Hall–Kier alpha value is -2.49. The third kappa shape index (κ3) is 1.84. The van der Waals surface area contributed by atoms with E-state index in [1.54, 1.807) is 22.7 Å². The Bertz CT molecular complexity index is 1780. The van der Waals surface area contributed by atoms with Gasteiger partial charge in [-0.05, 0) is 53.9 Å². The third-order valence-corrected chi connectivity index (χ3v) is 9.57. The van der Waals surface area contributed by atoms with Crippen molar-refractivity contribution in [1.82, 2.24) is 0 Å². The molecule has 0 aliphatic heterocycles. The Morgan fingerprint density at radius 1 is 0.571 bits per heavy atom. The Labute approximate surface area is 175 Å². The fourth-order valence-electron chi connectivity index (χ4n) is 4.32. The number of fused-ring (bicyclic) bond motifs is 11. The zero-order valence-corrected chi connectivity index (χ0v) is 17.5. The van der Waals surface area contributed by atoms with Crippen molar-refractivity contribution in [2.75, 3.05) is 0 Å². The van der Waals surface area contributed by atoms with Gasteiger partial charge in [0.05, 0.1) is 0 Å². The topological polar surface area (TPSA) is 23.8 Å². The highest BCUT2D eigenvalue weighted by molar-refractivity contribution is 7.28. The SMILES string of the molecule is N#Cc1cc2c(ccc3sc4ccc5sc6ccc7sccc7c6c5c4c32)s1. The van der Waals surface area contributed by atoms with Gasteiger partial charge < -0.3 is 0 Å². The predicted octanol–water partition coefficient (Wildman–Crippen LogP) is 8.72. The van der Waals surface area contributed by atoms with Crippen LogP contribution in [0.1, 0.15) is 4.88 Å². The molecule has 0 unspecified atom stereocenters. The lowest BCUT2D eigenvalue weighted by atomic mass is 10.0. The normalized spacial score (nSPS) is 12.2. The van der Waals surface area contributed by atoms with E-state index in [9.17, 15) is 5.26 Å². The summed E-state index contributed by atoms with van der Waals surface area (Å²) in [4.78, 5) is 0.782. The Morgan fingerprint density at radius 2 is 1.14 bits per heavy atom. The number of benzene rings is 3. The Balaban J connectivity index is 1.85. The highest BCUT2D eigenvalue weighted by atomic mass is 32.1. The van der Waals surface area contributed by atoms with Gasteiger partial charge in [0, 0.05) is 60.5 Å². The smallest absolute Gasteiger partial charge is 0.110 e. The molecule has 0 N–H and O–H groups in total. The van der Waals surface area contributed by atoms with Crippen LogP contribution in [-0.4, -0.2) is 0 Å². The van der Waals surface area contributed by atoms with Crippen molar-refractivity contribution in [2.24, 2.45) is 0 Å². The number of hydrogen-bond acceptors (Lipinski definition) is 5. The zero-order valence-electron chi connectivity index (χ0n) is 14.3. The van der Waals surface area contributed by atoms with Crippen molar-refractivity contribution >= 4 is 106 Å². The van der Waals surface area contributed by atoms with Gasteiger partial charge in [0.25, 0.3) is 0 Å². The maximum Gasteiger partial charge on any atom is 0.110 e. The summed E-state index contributed by atoms with van der Waals surface area (Å²) in [5, 5.41) is 19.6. The second-order valence-corrected chi connectivity index (χ2v) is 11.1. The molecule has 4 heterocycles. The Morgan fingerprint density at radius 3 is 1.82 bits per heavy atom. The van der Waals surface area contributed by atoms with E-state index in [1.807, 2.05) is 22.7 Å². The summed E-state index contributed by atoms with van der Waals surface area (Å²) in [5.74, 6) is 0. The van der Waals surface area contributed by atoms with Crippen LogP contribution in [0.25, 0.3) is 60.5 Å². The fourth-order valence-corrected chi connectivity index (χ4v) is 8.24. The van der Waals surface area contributed by atoms with Gasteiger partial charge in [-0.25, -0.2) is 0 Å². The molecule has 5 heteroatoms. The average molecular weight is 428 g/mol. The van der Waals surface area contributed by atoms with Crippen LogP contribution in [0.15, 0.2) is 53.9 Å². The van der Waals surface area contributed by atoms with Crippen LogP contribution in [0.3, 0.4) is 0 Å². The van der Waals surface area contributed by atoms with E-state index >= 15 is 0 Å². The van der Waals surface area contributed by atoms with Gasteiger partial charge in [0.15, 0.2) is 0 Å². The summed E-state index contributed by atoms with van der Waals surface area (Å²) in [7, 11) is 0. The van der Waals surface area contributed by atoms with Crippen LogP contribution in [-0.2, 0) is 0 Å². The van der Waals surface area contributed by atoms with Crippen molar-refractivity contribution in [2.45, 2.75) is 0 Å². The van der Waals surface area contributed by atoms with Crippen molar-refractivity contribution in [1.29, 1.82) is 5.26 Å². The molecule has 4 aromatic heterocycles. The van der Waals surface area contributed by atoms with E-state index in [1.165, 1.54) is 60.5 Å². The van der Waals surface area contributed by atoms with Gasteiger partial charge in [0.2, 0.25) is 0 Å². The number of hydrogen-bond donors (Lipinski definition) is 0. The minimum Gasteiger partial charge on any atom is -0.192 e. The van der Waals surface area contributed by atoms with E-state index < -0.39 is 0 Å². The number of nitriles is 1. The summed E-state index contributed by atoms with van der Waals surface area (Å²) < 4.78 is 7.86. The first kappa shape index (κ1) is 15.4. The van der Waals surface area contributed by atoms with Gasteiger partial charge in [-0.15, -0.1) is 45.3 Å². The lowest BCUT2D eigenvalue weighted by Crippen LogP contribution is -1.73. The van der Waals surface area contributed by atoms with E-state index in [4.69, 9.17) is 0 Å². The quantitative estimate of drug-likeness (QED) is 0.237. The highest BCUT2D eigenvalue weighted by Crippen LogP contribution is 2.49. The van der Waals surface area contributed by atoms with Crippen LogP contribution < -0.4 is 0 Å². The number of rotatable bonds is 0. The molecule has 0 atom stereocenters. The molecule has 28 heavy (non-hydrogen) atoms. The summed E-state index contributed by atoms with van der Waals surface area (Å²) in [6.45, 7) is 0. The van der Waals surface area contributed by atoms with Gasteiger partial charge in [-0.1, -0.05) is 0 Å². The average Bonchev–Trinajstić information content (AvgIpc) is 3.46. The molecule has 0 aliphatic rings. The summed E-state index contributed by atoms with van der Waals surface area (Å²) >= 11 is 7.13. The van der Waals surface area contributed by atoms with Crippen LogP contribution in [0.2, 0.25) is 0 Å². The molecule has 0 aliphatic carbocycles. The minimum atomic E-state index is 0.782. The molecule has 0 saturated heterocycles. The van der Waals surface area contributed by atoms with Gasteiger partial charge >= 0.3 is 0 Å². The largest absolute Gasteiger partial charge is 0.192 e. The maximum atomic E-state index is 9.42. The van der Waals surface area contributed by atoms with Crippen LogP contribution >= 0.6 is 45.3 Å². The number of thiophene rings is 4. The lowest BCUT2D eigenvalue weighted by Gasteiger charge is -2.00. The molecule has 1 nitrogen and oxygen atoms in total. The molecule has 0 radical (unpaired) electrons. The summed E-state index contributed by atoms with van der Waals surface area (Å²) in [6, 6.07) is 20.1. The lowest BCUT2D eigenvalue weighted by molar-refractivity contribution is 1.52. The standard InChI is InChI=1S/C23H9NS4/c24-10-11-9-13-15(26-11)2-4-17-21(13)23-19(28-17)6-5-18-22(23)20-12-7-8-25-14(12)1-3-16(20)27-18/h1-9H. The molecule has 0 fully saturated rings. The minimum absolute atomic E-state index is 0.782. The molecule has 0 amide bonds. The number of nitrogens with zero attached hydrogens (tertiary/aromatic N) is 1. The van der Waals surface area contributed by atoms with Gasteiger partial charge in [-0.3, -0.25) is 0 Å². The molecule has 0 bridgehead atoms. The third-order valence-electron chi connectivity index (χ3n) is 5.44. The van der Waals surface area contributed by atoms with Crippen molar-refractivity contribution < 1.29 is 0 Å². The Kier molecular flexibility index (Phi) is 2.93. The van der Waals surface area contributed by atoms with Crippen LogP contribution in [0.5, 0.6) is 0 Å². The molecule has 7 rings (SSSR count). The predicted molar refractivity (Wildman–Crippen MR) is 128 cm³/mol. The summed E-state index contributed by atoms with van der Waals surface area (Å²) in [6.07, 6.45) is 0. The molecule has 7 aromatic rings. The molecular weight excluding hydrogens is 419 g/mol. The van der Waals surface area contributed by atoms with Crippen molar-refractivity contribution in [3.63, 3.8) is 0 Å². The van der Waals surface area contributed by atoms with Crippen LogP contribution in [0.4, 0.5) is 0 Å². The molecule has 0 saturated carbocycles. The van der Waals surface area contributed by atoms with Crippen molar-refractivity contribution in [3.05, 3.63) is 58.8 Å². The van der Waals surface area contributed by atoms with Crippen molar-refractivity contribution in [3.8, 4) is 6.07 Å². The zero-order chi connectivity index (χ0) is 18.4. The van der Waals surface area contributed by atoms with E-state index in [0.29, 0.717) is 0 Å². The highest BCUT2D eigenvalue weighted by Gasteiger charge is 2.18. The van der Waals surface area contributed by atoms with E-state index in [2.05, 4.69) is 60.0 Å². The summed E-state index contributed by atoms with van der Waals surface area (Å²) in [5.41, 5.74) is 0. The molecule has 0 spiro atoms.